The van der Waals surface area contributed by atoms with Crippen LogP contribution in [0.4, 0.5) is 0 Å². The predicted molar refractivity (Wildman–Crippen MR) is 57.7 cm³/mol. The predicted octanol–water partition coefficient (Wildman–Crippen LogP) is 1.82. The second-order valence-electron chi connectivity index (χ2n) is 3.32. The largest absolute Gasteiger partial charge is 0.370 e. The molecule has 14 heavy (non-hydrogen) atoms. The third kappa shape index (κ3) is 2.58. The average molecular weight is 199 g/mol. The summed E-state index contributed by atoms with van der Waals surface area (Å²) >= 11 is 0. The third-order valence-corrected chi connectivity index (χ3v) is 2.16. The zero-order chi connectivity index (χ0) is 11.3. The van der Waals surface area contributed by atoms with Crippen molar-refractivity contribution in [3.8, 4) is 0 Å². The van der Waals surface area contributed by atoms with Gasteiger partial charge in [-0.05, 0) is 17.9 Å². The molecule has 1 rings (SSSR count). The molecule has 0 bridgehead atoms. The van der Waals surface area contributed by atoms with Crippen molar-refractivity contribution in [1.82, 2.24) is 5.32 Å². The molecule has 0 aromatic heterocycles. The van der Waals surface area contributed by atoms with Crippen LogP contribution in [0.3, 0.4) is 0 Å². The maximum atomic E-state index is 11.2. The van der Waals surface area contributed by atoms with Gasteiger partial charge in [-0.1, -0.05) is 34.6 Å². The second-order valence-corrected chi connectivity index (χ2v) is 3.32. The van der Waals surface area contributed by atoms with Crippen LogP contribution in [0.5, 0.6) is 0 Å². The summed E-state index contributed by atoms with van der Waals surface area (Å²) in [7, 11) is 0. The van der Waals surface area contributed by atoms with Crippen LogP contribution in [-0.4, -0.2) is 17.2 Å². The van der Waals surface area contributed by atoms with Crippen LogP contribution in [0.15, 0.2) is 11.1 Å². The fourth-order valence-electron chi connectivity index (χ4n) is 1.61. The van der Waals surface area contributed by atoms with Gasteiger partial charge in [0.2, 0.25) is 5.91 Å². The molecule has 1 heterocycles. The van der Waals surface area contributed by atoms with E-state index in [0.29, 0.717) is 6.42 Å². The lowest BCUT2D eigenvalue weighted by atomic mass is 9.97. The van der Waals surface area contributed by atoms with E-state index in [4.69, 9.17) is 0 Å². The normalized spacial score (nSPS) is 20.8. The molecular formula is C11H21NO2. The Morgan fingerprint density at radius 3 is 2.21 bits per heavy atom. The summed E-state index contributed by atoms with van der Waals surface area (Å²) < 4.78 is 0. The maximum absolute atomic E-state index is 11.2. The van der Waals surface area contributed by atoms with Crippen LogP contribution in [0, 0.1) is 5.92 Å². The number of hydrogen-bond donors (Lipinski definition) is 2. The molecule has 0 radical (unpaired) electrons. The summed E-state index contributed by atoms with van der Waals surface area (Å²) in [4.78, 5) is 11.2. The second kappa shape index (κ2) is 5.81. The summed E-state index contributed by atoms with van der Waals surface area (Å²) in [5.41, 5.74) is 1.60. The number of hydrogen-bond acceptors (Lipinski definition) is 2. The van der Waals surface area contributed by atoms with E-state index in [-0.39, 0.29) is 11.8 Å². The lowest BCUT2D eigenvalue weighted by molar-refractivity contribution is -0.118. The molecule has 0 aromatic carbocycles. The SMILES string of the molecule is CC.CCC1=C(C(C)C)C(O)NC1=O. The van der Waals surface area contributed by atoms with E-state index in [1.54, 1.807) is 0 Å². The number of carbonyl (C=O) groups excluding carboxylic acids is 1. The van der Waals surface area contributed by atoms with Crippen LogP contribution >= 0.6 is 0 Å². The summed E-state index contributed by atoms with van der Waals surface area (Å²) in [6.07, 6.45) is -0.0661. The zero-order valence-electron chi connectivity index (χ0n) is 9.72. The number of amides is 1. The van der Waals surface area contributed by atoms with Crippen molar-refractivity contribution >= 4 is 5.91 Å². The van der Waals surface area contributed by atoms with E-state index >= 15 is 0 Å². The number of aliphatic hydroxyl groups is 1. The van der Waals surface area contributed by atoms with E-state index < -0.39 is 6.23 Å². The highest BCUT2D eigenvalue weighted by molar-refractivity contribution is 5.97. The Balaban J connectivity index is 0.000000791. The fraction of sp³-hybridized carbons (Fsp3) is 0.727. The first-order valence-corrected chi connectivity index (χ1v) is 5.29. The Kier molecular flexibility index (Phi) is 5.46. The average Bonchev–Trinajstić information content (AvgIpc) is 2.43. The van der Waals surface area contributed by atoms with Crippen molar-refractivity contribution in [1.29, 1.82) is 0 Å². The Bertz CT molecular complexity index is 231. The number of aliphatic hydroxyl groups excluding tert-OH is 1. The van der Waals surface area contributed by atoms with Gasteiger partial charge in [0.15, 0.2) is 0 Å². The zero-order valence-corrected chi connectivity index (χ0v) is 9.72. The molecule has 0 aromatic rings. The molecule has 0 saturated carbocycles. The Hall–Kier alpha value is -0.830. The highest BCUT2D eigenvalue weighted by atomic mass is 16.3. The van der Waals surface area contributed by atoms with Crippen LogP contribution < -0.4 is 5.32 Å². The topological polar surface area (TPSA) is 49.3 Å². The molecule has 3 nitrogen and oxygen atoms in total. The van der Waals surface area contributed by atoms with Gasteiger partial charge in [0.1, 0.15) is 6.23 Å². The molecule has 1 amide bonds. The van der Waals surface area contributed by atoms with Crippen LogP contribution in [0.2, 0.25) is 0 Å². The van der Waals surface area contributed by atoms with Gasteiger partial charge in [-0.15, -0.1) is 0 Å². The summed E-state index contributed by atoms with van der Waals surface area (Å²) in [6.45, 7) is 9.89. The molecule has 1 unspecified atom stereocenters. The molecule has 0 saturated heterocycles. The Morgan fingerprint density at radius 1 is 1.43 bits per heavy atom. The van der Waals surface area contributed by atoms with Gasteiger partial charge in [0.25, 0.3) is 0 Å². The highest BCUT2D eigenvalue weighted by Gasteiger charge is 2.29. The van der Waals surface area contributed by atoms with Gasteiger partial charge in [0, 0.05) is 5.57 Å². The van der Waals surface area contributed by atoms with Gasteiger partial charge < -0.3 is 10.4 Å². The van der Waals surface area contributed by atoms with E-state index in [9.17, 15) is 9.90 Å². The highest BCUT2D eigenvalue weighted by Crippen LogP contribution is 2.25. The van der Waals surface area contributed by atoms with Crippen LogP contribution in [0.25, 0.3) is 0 Å². The minimum atomic E-state index is -0.757. The van der Waals surface area contributed by atoms with Gasteiger partial charge in [-0.2, -0.15) is 0 Å². The molecular weight excluding hydrogens is 178 g/mol. The van der Waals surface area contributed by atoms with Crippen molar-refractivity contribution in [2.75, 3.05) is 0 Å². The number of carbonyl (C=O) groups is 1. The Morgan fingerprint density at radius 2 is 1.93 bits per heavy atom. The van der Waals surface area contributed by atoms with Crippen LogP contribution in [0.1, 0.15) is 41.0 Å². The van der Waals surface area contributed by atoms with E-state index in [0.717, 1.165) is 11.1 Å². The maximum Gasteiger partial charge on any atom is 0.249 e. The number of nitrogens with one attached hydrogen (secondary N) is 1. The summed E-state index contributed by atoms with van der Waals surface area (Å²) in [5.74, 6) is 0.114. The van der Waals surface area contributed by atoms with Crippen LogP contribution in [-0.2, 0) is 4.79 Å². The molecule has 82 valence electrons. The summed E-state index contributed by atoms with van der Waals surface area (Å²) in [6, 6.07) is 0. The van der Waals surface area contributed by atoms with E-state index in [1.807, 2.05) is 34.6 Å². The first-order chi connectivity index (χ1) is 6.57. The molecule has 0 aliphatic carbocycles. The van der Waals surface area contributed by atoms with Crippen molar-refractivity contribution in [3.63, 3.8) is 0 Å². The standard InChI is InChI=1S/C9H15NO2.C2H6/c1-4-6-7(5(2)3)9(12)10-8(6)11;1-2/h5,9,12H,4H2,1-3H3,(H,10,11);1-2H3. The first-order valence-electron chi connectivity index (χ1n) is 5.29. The quantitative estimate of drug-likeness (QED) is 0.712. The summed E-state index contributed by atoms with van der Waals surface area (Å²) in [5, 5.41) is 11.9. The number of rotatable bonds is 2. The molecule has 3 heteroatoms. The first kappa shape index (κ1) is 13.2. The van der Waals surface area contributed by atoms with Crippen molar-refractivity contribution in [2.45, 2.75) is 47.3 Å². The van der Waals surface area contributed by atoms with E-state index in [1.165, 1.54) is 0 Å². The molecule has 1 atom stereocenters. The van der Waals surface area contributed by atoms with Gasteiger partial charge in [0.05, 0.1) is 0 Å². The smallest absolute Gasteiger partial charge is 0.249 e. The van der Waals surface area contributed by atoms with Gasteiger partial charge >= 0.3 is 0 Å². The lowest BCUT2D eigenvalue weighted by Crippen LogP contribution is -2.29. The molecule has 2 N–H and O–H groups in total. The lowest BCUT2D eigenvalue weighted by Gasteiger charge is -2.11. The van der Waals surface area contributed by atoms with Gasteiger partial charge in [-0.25, -0.2) is 0 Å². The molecule has 1 aliphatic heterocycles. The minimum absolute atomic E-state index is 0.117. The molecule has 0 spiro atoms. The van der Waals surface area contributed by atoms with Gasteiger partial charge in [-0.3, -0.25) is 4.79 Å². The monoisotopic (exact) mass is 199 g/mol. The Labute approximate surface area is 86.2 Å². The molecule has 1 aliphatic rings. The van der Waals surface area contributed by atoms with Crippen molar-refractivity contribution in [3.05, 3.63) is 11.1 Å². The minimum Gasteiger partial charge on any atom is -0.370 e. The van der Waals surface area contributed by atoms with E-state index in [2.05, 4.69) is 5.32 Å². The van der Waals surface area contributed by atoms with Crippen molar-refractivity contribution in [2.24, 2.45) is 5.92 Å². The fourth-order valence-corrected chi connectivity index (χ4v) is 1.61. The third-order valence-electron chi connectivity index (χ3n) is 2.16. The molecule has 0 fully saturated rings. The van der Waals surface area contributed by atoms with Crippen molar-refractivity contribution < 1.29 is 9.90 Å².